The highest BCUT2D eigenvalue weighted by atomic mass is 32.2. The summed E-state index contributed by atoms with van der Waals surface area (Å²) in [5, 5.41) is 0.555. The van der Waals surface area contributed by atoms with Crippen molar-refractivity contribution in [2.75, 3.05) is 23.7 Å². The van der Waals surface area contributed by atoms with E-state index in [1.165, 1.54) is 6.07 Å². The van der Waals surface area contributed by atoms with Gasteiger partial charge in [-0.15, -0.1) is 0 Å². The third-order valence-electron chi connectivity index (χ3n) is 2.85. The molecule has 1 atom stereocenters. The van der Waals surface area contributed by atoms with Crippen LogP contribution in [0.1, 0.15) is 12.5 Å². The fourth-order valence-corrected chi connectivity index (χ4v) is 3.11. The molecule has 2 N–H and O–H groups in total. The molecule has 0 bridgehead atoms. The minimum Gasteiger partial charge on any atom is -0.367 e. The number of hydrogen-bond acceptors (Lipinski definition) is 3. The second kappa shape index (κ2) is 5.06. The van der Waals surface area contributed by atoms with Gasteiger partial charge in [-0.1, -0.05) is 19.1 Å². The second-order valence-corrected chi connectivity index (χ2v) is 5.63. The van der Waals surface area contributed by atoms with Crippen LogP contribution in [-0.2, 0) is 6.54 Å². The van der Waals surface area contributed by atoms with Gasteiger partial charge in [-0.3, -0.25) is 0 Å². The molecule has 0 aromatic heterocycles. The molecule has 1 aromatic carbocycles. The number of rotatable bonds is 2. The maximum atomic E-state index is 13.8. The first-order chi connectivity index (χ1) is 7.72. The first-order valence-corrected chi connectivity index (χ1v) is 6.61. The van der Waals surface area contributed by atoms with Crippen molar-refractivity contribution in [1.29, 1.82) is 0 Å². The zero-order valence-corrected chi connectivity index (χ0v) is 10.3. The van der Waals surface area contributed by atoms with E-state index >= 15 is 0 Å². The standard InChI is InChI=1S/C12H17FN2S/c1-9-8-15(5-6-16-9)12-10(7-14)3-2-4-11(12)13/h2-4,9H,5-8,14H2,1H3. The van der Waals surface area contributed by atoms with Gasteiger partial charge in [0.15, 0.2) is 0 Å². The summed E-state index contributed by atoms with van der Waals surface area (Å²) < 4.78 is 13.8. The van der Waals surface area contributed by atoms with Gasteiger partial charge in [0.25, 0.3) is 0 Å². The van der Waals surface area contributed by atoms with Crippen molar-refractivity contribution in [2.24, 2.45) is 5.73 Å². The highest BCUT2D eigenvalue weighted by Gasteiger charge is 2.21. The Morgan fingerprint density at radius 1 is 1.56 bits per heavy atom. The largest absolute Gasteiger partial charge is 0.367 e. The summed E-state index contributed by atoms with van der Waals surface area (Å²) in [7, 11) is 0. The van der Waals surface area contributed by atoms with Crippen molar-refractivity contribution in [3.63, 3.8) is 0 Å². The molecule has 16 heavy (non-hydrogen) atoms. The normalized spacial score (nSPS) is 21.2. The van der Waals surface area contributed by atoms with E-state index < -0.39 is 0 Å². The summed E-state index contributed by atoms with van der Waals surface area (Å²) in [6.07, 6.45) is 0. The van der Waals surface area contributed by atoms with Gasteiger partial charge in [-0.05, 0) is 11.6 Å². The molecule has 0 spiro atoms. The molecule has 0 aliphatic carbocycles. The van der Waals surface area contributed by atoms with Crippen molar-refractivity contribution in [2.45, 2.75) is 18.7 Å². The fraction of sp³-hybridized carbons (Fsp3) is 0.500. The van der Waals surface area contributed by atoms with Gasteiger partial charge in [0.1, 0.15) is 5.82 Å². The van der Waals surface area contributed by atoms with Crippen LogP contribution in [0.2, 0.25) is 0 Å². The lowest BCUT2D eigenvalue weighted by Crippen LogP contribution is -2.37. The van der Waals surface area contributed by atoms with Gasteiger partial charge < -0.3 is 10.6 Å². The Morgan fingerprint density at radius 2 is 2.38 bits per heavy atom. The van der Waals surface area contributed by atoms with Gasteiger partial charge in [-0.25, -0.2) is 4.39 Å². The number of nitrogens with two attached hydrogens (primary N) is 1. The van der Waals surface area contributed by atoms with E-state index in [4.69, 9.17) is 5.73 Å². The maximum Gasteiger partial charge on any atom is 0.146 e. The van der Waals surface area contributed by atoms with Crippen molar-refractivity contribution >= 4 is 17.4 Å². The monoisotopic (exact) mass is 240 g/mol. The number of benzene rings is 1. The van der Waals surface area contributed by atoms with Crippen LogP contribution in [0, 0.1) is 5.82 Å². The number of halogens is 1. The third-order valence-corrected chi connectivity index (χ3v) is 3.98. The summed E-state index contributed by atoms with van der Waals surface area (Å²) in [4.78, 5) is 2.12. The number of anilines is 1. The van der Waals surface area contributed by atoms with E-state index in [0.29, 0.717) is 17.5 Å². The molecule has 0 radical (unpaired) electrons. The van der Waals surface area contributed by atoms with Crippen molar-refractivity contribution in [3.05, 3.63) is 29.6 Å². The van der Waals surface area contributed by atoms with Crippen LogP contribution in [0.5, 0.6) is 0 Å². The van der Waals surface area contributed by atoms with E-state index in [1.54, 1.807) is 6.07 Å². The van der Waals surface area contributed by atoms with Crippen molar-refractivity contribution in [3.8, 4) is 0 Å². The van der Waals surface area contributed by atoms with E-state index in [-0.39, 0.29) is 5.82 Å². The molecule has 1 unspecified atom stereocenters. The first kappa shape index (κ1) is 11.7. The van der Waals surface area contributed by atoms with Crippen LogP contribution < -0.4 is 10.6 Å². The summed E-state index contributed by atoms with van der Waals surface area (Å²) in [6, 6.07) is 5.15. The van der Waals surface area contributed by atoms with Crippen molar-refractivity contribution in [1.82, 2.24) is 0 Å². The van der Waals surface area contributed by atoms with E-state index in [0.717, 1.165) is 24.4 Å². The highest BCUT2D eigenvalue weighted by molar-refractivity contribution is 8.00. The smallest absolute Gasteiger partial charge is 0.146 e. The van der Waals surface area contributed by atoms with Crippen LogP contribution in [-0.4, -0.2) is 24.1 Å². The number of nitrogens with zero attached hydrogens (tertiary/aromatic N) is 1. The average Bonchev–Trinajstić information content (AvgIpc) is 2.28. The molecule has 4 heteroatoms. The van der Waals surface area contributed by atoms with E-state index in [1.807, 2.05) is 17.8 Å². The SMILES string of the molecule is CC1CN(c2c(F)cccc2CN)CCS1. The predicted octanol–water partition coefficient (Wildman–Crippen LogP) is 2.23. The molecule has 2 rings (SSSR count). The topological polar surface area (TPSA) is 29.3 Å². The molecule has 1 aromatic rings. The van der Waals surface area contributed by atoms with Crippen LogP contribution in [0.4, 0.5) is 10.1 Å². The summed E-state index contributed by atoms with van der Waals surface area (Å²) >= 11 is 1.94. The van der Waals surface area contributed by atoms with E-state index in [2.05, 4.69) is 11.8 Å². The molecule has 1 saturated heterocycles. The molecule has 88 valence electrons. The number of hydrogen-bond donors (Lipinski definition) is 1. The lowest BCUT2D eigenvalue weighted by Gasteiger charge is -2.33. The average molecular weight is 240 g/mol. The Balaban J connectivity index is 2.30. The molecular formula is C12H17FN2S. The Morgan fingerprint density at radius 3 is 3.06 bits per heavy atom. The minimum atomic E-state index is -0.151. The fourth-order valence-electron chi connectivity index (χ4n) is 2.10. The van der Waals surface area contributed by atoms with Gasteiger partial charge in [-0.2, -0.15) is 11.8 Å². The van der Waals surface area contributed by atoms with Crippen LogP contribution in [0.3, 0.4) is 0 Å². The molecule has 1 heterocycles. The zero-order chi connectivity index (χ0) is 11.5. The van der Waals surface area contributed by atoms with Crippen LogP contribution >= 0.6 is 11.8 Å². The molecule has 1 aliphatic rings. The van der Waals surface area contributed by atoms with Crippen molar-refractivity contribution < 1.29 is 4.39 Å². The lowest BCUT2D eigenvalue weighted by molar-refractivity contribution is 0.613. The van der Waals surface area contributed by atoms with Crippen LogP contribution in [0.25, 0.3) is 0 Å². The number of thioether (sulfide) groups is 1. The quantitative estimate of drug-likeness (QED) is 0.859. The van der Waals surface area contributed by atoms with Gasteiger partial charge in [0.05, 0.1) is 5.69 Å². The molecule has 1 fully saturated rings. The Bertz CT molecular complexity index is 370. The van der Waals surface area contributed by atoms with Gasteiger partial charge >= 0.3 is 0 Å². The minimum absolute atomic E-state index is 0.151. The highest BCUT2D eigenvalue weighted by Crippen LogP contribution is 2.29. The third kappa shape index (κ3) is 2.33. The summed E-state index contributed by atoms with van der Waals surface area (Å²) in [5.41, 5.74) is 7.27. The molecule has 0 amide bonds. The number of para-hydroxylation sites is 1. The van der Waals surface area contributed by atoms with Gasteiger partial charge in [0, 0.05) is 30.6 Å². The Kier molecular flexibility index (Phi) is 3.71. The van der Waals surface area contributed by atoms with E-state index in [9.17, 15) is 4.39 Å². The molecule has 2 nitrogen and oxygen atoms in total. The maximum absolute atomic E-state index is 13.8. The lowest BCUT2D eigenvalue weighted by atomic mass is 10.1. The van der Waals surface area contributed by atoms with Crippen LogP contribution in [0.15, 0.2) is 18.2 Å². The molecule has 0 saturated carbocycles. The molecular weight excluding hydrogens is 223 g/mol. The Hall–Kier alpha value is -0.740. The summed E-state index contributed by atoms with van der Waals surface area (Å²) in [5.74, 6) is 0.904. The Labute approximate surface area is 100 Å². The first-order valence-electron chi connectivity index (χ1n) is 5.56. The summed E-state index contributed by atoms with van der Waals surface area (Å²) in [6.45, 7) is 4.38. The molecule has 1 aliphatic heterocycles. The van der Waals surface area contributed by atoms with Gasteiger partial charge in [0.2, 0.25) is 0 Å². The zero-order valence-electron chi connectivity index (χ0n) is 9.45. The second-order valence-electron chi connectivity index (χ2n) is 4.08. The predicted molar refractivity (Wildman–Crippen MR) is 68.4 cm³/mol.